The molecule has 1 N–H and O–H groups in total. The summed E-state index contributed by atoms with van der Waals surface area (Å²) in [5.41, 5.74) is 0.669. The van der Waals surface area contributed by atoms with Crippen molar-refractivity contribution < 1.29 is 9.59 Å². The number of thiophene rings is 1. The van der Waals surface area contributed by atoms with Crippen LogP contribution in [0.4, 0.5) is 5.69 Å². The predicted molar refractivity (Wildman–Crippen MR) is 82.4 cm³/mol. The van der Waals surface area contributed by atoms with Crippen molar-refractivity contribution in [3.05, 3.63) is 16.3 Å². The molecule has 3 nitrogen and oxygen atoms in total. The van der Waals surface area contributed by atoms with E-state index in [4.69, 9.17) is 0 Å². The van der Waals surface area contributed by atoms with E-state index in [0.29, 0.717) is 10.6 Å². The number of hydrogen-bond donors (Lipinski definition) is 1. The molecule has 1 heterocycles. The molecule has 0 aromatic carbocycles. The van der Waals surface area contributed by atoms with Crippen LogP contribution in [0.5, 0.6) is 0 Å². The van der Waals surface area contributed by atoms with Gasteiger partial charge in [-0.25, -0.2) is 0 Å². The molecule has 98 valence electrons. The van der Waals surface area contributed by atoms with Gasteiger partial charge in [-0.2, -0.15) is 0 Å². The van der Waals surface area contributed by atoms with E-state index >= 15 is 0 Å². The van der Waals surface area contributed by atoms with Crippen molar-refractivity contribution in [2.75, 3.05) is 5.32 Å². The van der Waals surface area contributed by atoms with Crippen LogP contribution >= 0.6 is 33.9 Å². The SMILES string of the molecule is CC1CCC(C(=O)Nc2ccsc2C(=O)I)CC1. The molecular formula is C13H16INO2S. The van der Waals surface area contributed by atoms with Crippen molar-refractivity contribution in [3.63, 3.8) is 0 Å². The maximum Gasteiger partial charge on any atom is 0.234 e. The lowest BCUT2D eigenvalue weighted by Crippen LogP contribution is -2.26. The normalized spacial score (nSPS) is 23.7. The quantitative estimate of drug-likeness (QED) is 0.637. The van der Waals surface area contributed by atoms with Gasteiger partial charge in [0.2, 0.25) is 9.70 Å². The first-order valence-electron chi connectivity index (χ1n) is 6.16. The first-order chi connectivity index (χ1) is 8.58. The predicted octanol–water partition coefficient (Wildman–Crippen LogP) is 4.09. The lowest BCUT2D eigenvalue weighted by molar-refractivity contribution is -0.121. The minimum atomic E-state index is -0.0184. The minimum absolute atomic E-state index is 0.0184. The highest BCUT2D eigenvalue weighted by molar-refractivity contribution is 14.1. The van der Waals surface area contributed by atoms with Crippen LogP contribution < -0.4 is 5.32 Å². The summed E-state index contributed by atoms with van der Waals surface area (Å²) in [6, 6.07) is 1.81. The van der Waals surface area contributed by atoms with Gasteiger partial charge in [0.1, 0.15) is 4.88 Å². The summed E-state index contributed by atoms with van der Waals surface area (Å²) in [6.07, 6.45) is 4.18. The molecule has 0 atom stereocenters. The molecule has 18 heavy (non-hydrogen) atoms. The molecule has 1 aromatic rings. The fourth-order valence-electron chi connectivity index (χ4n) is 2.32. The van der Waals surface area contributed by atoms with Crippen molar-refractivity contribution in [2.45, 2.75) is 32.6 Å². The first kappa shape index (κ1) is 14.0. The van der Waals surface area contributed by atoms with E-state index in [9.17, 15) is 9.59 Å². The highest BCUT2D eigenvalue weighted by Gasteiger charge is 2.25. The second-order valence-electron chi connectivity index (χ2n) is 4.88. The van der Waals surface area contributed by atoms with E-state index in [2.05, 4.69) is 12.2 Å². The zero-order valence-electron chi connectivity index (χ0n) is 10.2. The maximum absolute atomic E-state index is 12.1. The number of anilines is 1. The Kier molecular flexibility index (Phi) is 4.77. The molecule has 1 aromatic heterocycles. The van der Waals surface area contributed by atoms with Crippen LogP contribution in [0.2, 0.25) is 0 Å². The average molecular weight is 377 g/mol. The summed E-state index contributed by atoms with van der Waals surface area (Å²) in [6.45, 7) is 2.24. The third-order valence-electron chi connectivity index (χ3n) is 3.49. The Balaban J connectivity index is 1.98. The molecule has 1 aliphatic rings. The molecular weight excluding hydrogens is 361 g/mol. The minimum Gasteiger partial charge on any atom is -0.324 e. The fourth-order valence-corrected chi connectivity index (χ4v) is 3.67. The second-order valence-corrected chi connectivity index (χ2v) is 6.78. The van der Waals surface area contributed by atoms with Crippen molar-refractivity contribution in [1.29, 1.82) is 0 Å². The van der Waals surface area contributed by atoms with Crippen LogP contribution in [0, 0.1) is 11.8 Å². The third kappa shape index (κ3) is 3.32. The summed E-state index contributed by atoms with van der Waals surface area (Å²) >= 11 is 3.13. The van der Waals surface area contributed by atoms with Gasteiger partial charge in [0, 0.05) is 28.5 Å². The van der Waals surface area contributed by atoms with E-state index in [1.807, 2.05) is 5.38 Å². The average Bonchev–Trinajstić information content (AvgIpc) is 2.78. The summed E-state index contributed by atoms with van der Waals surface area (Å²) < 4.78 is -0.0184. The molecule has 0 unspecified atom stereocenters. The number of carbonyl (C=O) groups excluding carboxylic acids is 2. The van der Waals surface area contributed by atoms with Gasteiger partial charge in [-0.15, -0.1) is 11.3 Å². The van der Waals surface area contributed by atoms with Crippen molar-refractivity contribution in [2.24, 2.45) is 11.8 Å². The van der Waals surface area contributed by atoms with Gasteiger partial charge in [-0.3, -0.25) is 9.59 Å². The molecule has 1 fully saturated rings. The number of nitrogens with one attached hydrogen (secondary N) is 1. The number of amides is 1. The fraction of sp³-hybridized carbons (Fsp3) is 0.538. The van der Waals surface area contributed by atoms with Crippen molar-refractivity contribution in [1.82, 2.24) is 0 Å². The highest BCUT2D eigenvalue weighted by Crippen LogP contribution is 2.30. The summed E-state index contributed by atoms with van der Waals surface area (Å²) in [7, 11) is 0. The van der Waals surface area contributed by atoms with E-state index in [0.717, 1.165) is 31.6 Å². The monoisotopic (exact) mass is 377 g/mol. The van der Waals surface area contributed by atoms with Crippen LogP contribution in [-0.2, 0) is 4.79 Å². The van der Waals surface area contributed by atoms with Crippen LogP contribution in [0.25, 0.3) is 0 Å². The van der Waals surface area contributed by atoms with E-state index in [1.54, 1.807) is 28.7 Å². The van der Waals surface area contributed by atoms with Gasteiger partial charge in [-0.1, -0.05) is 6.92 Å². The zero-order chi connectivity index (χ0) is 13.1. The van der Waals surface area contributed by atoms with Crippen LogP contribution in [0.3, 0.4) is 0 Å². The Morgan fingerprint density at radius 1 is 1.33 bits per heavy atom. The topological polar surface area (TPSA) is 46.2 Å². The maximum atomic E-state index is 12.1. The molecule has 0 bridgehead atoms. The Labute approximate surface area is 124 Å². The standard InChI is InChI=1S/C13H16INO2S/c1-8-2-4-9(5-3-8)13(17)15-10-6-7-18-11(10)12(14)16/h6-9H,2-5H2,1H3,(H,15,17). The number of rotatable bonds is 3. The van der Waals surface area contributed by atoms with Gasteiger partial charge < -0.3 is 5.32 Å². The van der Waals surface area contributed by atoms with Crippen molar-refractivity contribution >= 4 is 49.3 Å². The van der Waals surface area contributed by atoms with Crippen LogP contribution in [0.1, 0.15) is 42.3 Å². The van der Waals surface area contributed by atoms with Gasteiger partial charge in [0.25, 0.3) is 0 Å². The molecule has 0 radical (unpaired) electrons. The third-order valence-corrected chi connectivity index (χ3v) is 5.31. The number of hydrogen-bond acceptors (Lipinski definition) is 3. The summed E-state index contributed by atoms with van der Waals surface area (Å²) in [5.74, 6) is 0.916. The smallest absolute Gasteiger partial charge is 0.234 e. The van der Waals surface area contributed by atoms with Gasteiger partial charge >= 0.3 is 0 Å². The van der Waals surface area contributed by atoms with Crippen molar-refractivity contribution in [3.8, 4) is 0 Å². The lowest BCUT2D eigenvalue weighted by atomic mass is 9.82. The molecule has 1 amide bonds. The molecule has 1 aliphatic carbocycles. The zero-order valence-corrected chi connectivity index (χ0v) is 13.2. The molecule has 2 rings (SSSR count). The van der Waals surface area contributed by atoms with E-state index in [1.165, 1.54) is 11.3 Å². The van der Waals surface area contributed by atoms with E-state index < -0.39 is 0 Å². The Hall–Kier alpha value is -0.430. The Bertz CT molecular complexity index is 450. The van der Waals surface area contributed by atoms with Crippen LogP contribution in [-0.4, -0.2) is 9.70 Å². The second kappa shape index (κ2) is 6.14. The Morgan fingerprint density at radius 2 is 2.00 bits per heavy atom. The highest BCUT2D eigenvalue weighted by atomic mass is 127. The number of halogens is 1. The first-order valence-corrected chi connectivity index (χ1v) is 8.12. The number of carbonyl (C=O) groups is 2. The lowest BCUT2D eigenvalue weighted by Gasteiger charge is -2.25. The largest absolute Gasteiger partial charge is 0.324 e. The summed E-state index contributed by atoms with van der Waals surface area (Å²) in [4.78, 5) is 24.1. The molecule has 0 aliphatic heterocycles. The molecule has 1 saturated carbocycles. The molecule has 0 saturated heterocycles. The van der Waals surface area contributed by atoms with E-state index in [-0.39, 0.29) is 15.6 Å². The molecule has 5 heteroatoms. The van der Waals surface area contributed by atoms with Gasteiger partial charge in [0.05, 0.1) is 5.69 Å². The summed E-state index contributed by atoms with van der Waals surface area (Å²) in [5, 5.41) is 4.74. The van der Waals surface area contributed by atoms with Crippen LogP contribution in [0.15, 0.2) is 11.4 Å². The Morgan fingerprint density at radius 3 is 2.61 bits per heavy atom. The van der Waals surface area contributed by atoms with Gasteiger partial charge in [-0.05, 0) is 43.0 Å². The van der Waals surface area contributed by atoms with Gasteiger partial charge in [0.15, 0.2) is 0 Å². The molecule has 0 spiro atoms.